The van der Waals surface area contributed by atoms with E-state index in [0.29, 0.717) is 0 Å². The van der Waals surface area contributed by atoms with E-state index < -0.39 is 79.5 Å². The van der Waals surface area contributed by atoms with Gasteiger partial charge in [0, 0.05) is 12.1 Å². The van der Waals surface area contributed by atoms with E-state index in [-0.39, 0.29) is 11.4 Å². The molecule has 3 rings (SSSR count). The average molecular weight is 463 g/mol. The standard InChI is InChI=1S/C18H25NO13/c20-5-9-11(22)12(23)14(25)18(30-9)32-16-10(6-21)31-17(15(26)13(16)24)29-8-3-1-7(2-4-8)19(27)28/h1-4,9-18,20-26H,5-6H2/t9-,10-,11-,12+,13-,14-,15-,16-,17?,18-/m1/s1. The number of aliphatic hydroxyl groups is 7. The van der Waals surface area contributed by atoms with Gasteiger partial charge in [0.25, 0.3) is 5.69 Å². The Labute approximate surface area is 180 Å². The molecule has 14 nitrogen and oxygen atoms in total. The van der Waals surface area contributed by atoms with Gasteiger partial charge in [-0.1, -0.05) is 0 Å². The molecule has 2 fully saturated rings. The monoisotopic (exact) mass is 463 g/mol. The van der Waals surface area contributed by atoms with Gasteiger partial charge in [0.15, 0.2) is 6.29 Å². The van der Waals surface area contributed by atoms with Crippen LogP contribution in [0.4, 0.5) is 5.69 Å². The van der Waals surface area contributed by atoms with Crippen LogP contribution in [0.1, 0.15) is 0 Å². The summed E-state index contributed by atoms with van der Waals surface area (Å²) in [4.78, 5) is 10.1. The van der Waals surface area contributed by atoms with Crippen LogP contribution >= 0.6 is 0 Å². The van der Waals surface area contributed by atoms with Crippen molar-refractivity contribution in [1.82, 2.24) is 0 Å². The molecule has 14 heteroatoms. The average Bonchev–Trinajstić information content (AvgIpc) is 2.79. The Hall–Kier alpha value is -1.98. The van der Waals surface area contributed by atoms with E-state index >= 15 is 0 Å². The van der Waals surface area contributed by atoms with Crippen LogP contribution in [-0.2, 0) is 14.2 Å². The van der Waals surface area contributed by atoms with E-state index in [1.807, 2.05) is 0 Å². The van der Waals surface area contributed by atoms with Crippen molar-refractivity contribution >= 4 is 5.69 Å². The van der Waals surface area contributed by atoms with Crippen LogP contribution in [0, 0.1) is 10.1 Å². The van der Waals surface area contributed by atoms with Crippen LogP contribution in [0.25, 0.3) is 0 Å². The van der Waals surface area contributed by atoms with Gasteiger partial charge in [0.2, 0.25) is 6.29 Å². The molecule has 180 valence electrons. The maximum Gasteiger partial charge on any atom is 0.269 e. The summed E-state index contributed by atoms with van der Waals surface area (Å²) in [5.74, 6) is 0.0804. The summed E-state index contributed by atoms with van der Waals surface area (Å²) in [5.41, 5.74) is -0.191. The number of ether oxygens (including phenoxy) is 4. The highest BCUT2D eigenvalue weighted by Crippen LogP contribution is 2.30. The number of aliphatic hydroxyl groups excluding tert-OH is 7. The lowest BCUT2D eigenvalue weighted by Crippen LogP contribution is -2.65. The van der Waals surface area contributed by atoms with Crippen LogP contribution in [0.15, 0.2) is 24.3 Å². The Morgan fingerprint density at radius 3 is 1.94 bits per heavy atom. The Balaban J connectivity index is 1.70. The fourth-order valence-electron chi connectivity index (χ4n) is 3.43. The number of non-ortho nitro benzene ring substituents is 1. The molecule has 2 heterocycles. The number of nitro groups is 1. The molecule has 2 saturated heterocycles. The molecule has 0 saturated carbocycles. The molecular weight excluding hydrogens is 438 g/mol. The highest BCUT2D eigenvalue weighted by molar-refractivity contribution is 5.36. The molecule has 1 aromatic carbocycles. The van der Waals surface area contributed by atoms with Gasteiger partial charge in [-0.15, -0.1) is 0 Å². The molecule has 0 aromatic heterocycles. The Kier molecular flexibility index (Phi) is 7.94. The zero-order valence-corrected chi connectivity index (χ0v) is 16.5. The van der Waals surface area contributed by atoms with Gasteiger partial charge in [-0.3, -0.25) is 10.1 Å². The quantitative estimate of drug-likeness (QED) is 0.155. The molecule has 2 aliphatic rings. The summed E-state index contributed by atoms with van der Waals surface area (Å²) in [6.07, 6.45) is -15.7. The first-order valence-electron chi connectivity index (χ1n) is 9.67. The minimum absolute atomic E-state index is 0.0804. The number of hydrogen-bond acceptors (Lipinski definition) is 13. The second kappa shape index (κ2) is 10.3. The van der Waals surface area contributed by atoms with Crippen molar-refractivity contribution in [3.05, 3.63) is 34.4 Å². The Bertz CT molecular complexity index is 760. The zero-order valence-electron chi connectivity index (χ0n) is 16.5. The van der Waals surface area contributed by atoms with Crippen molar-refractivity contribution < 1.29 is 59.6 Å². The van der Waals surface area contributed by atoms with Gasteiger partial charge < -0.3 is 54.7 Å². The Morgan fingerprint density at radius 2 is 1.38 bits per heavy atom. The van der Waals surface area contributed by atoms with Crippen LogP contribution < -0.4 is 4.74 Å². The summed E-state index contributed by atoms with van der Waals surface area (Å²) in [5, 5.41) is 80.4. The summed E-state index contributed by atoms with van der Waals surface area (Å²) in [6.45, 7) is -1.42. The van der Waals surface area contributed by atoms with Crippen LogP contribution in [0.3, 0.4) is 0 Å². The van der Waals surface area contributed by atoms with Gasteiger partial charge in [-0.2, -0.15) is 0 Å². The number of rotatable bonds is 7. The van der Waals surface area contributed by atoms with E-state index in [9.17, 15) is 45.9 Å². The molecule has 1 unspecified atom stereocenters. The lowest BCUT2D eigenvalue weighted by atomic mass is 9.97. The molecule has 1 aromatic rings. The topological polar surface area (TPSA) is 222 Å². The highest BCUT2D eigenvalue weighted by Gasteiger charge is 2.51. The summed E-state index contributed by atoms with van der Waals surface area (Å²) in [6, 6.07) is 4.83. The van der Waals surface area contributed by atoms with Crippen molar-refractivity contribution in [3.8, 4) is 5.75 Å². The normalized spacial score (nSPS) is 40.1. The van der Waals surface area contributed by atoms with Crippen molar-refractivity contribution in [1.29, 1.82) is 0 Å². The number of nitro benzene ring substituents is 1. The van der Waals surface area contributed by atoms with E-state index in [4.69, 9.17) is 18.9 Å². The van der Waals surface area contributed by atoms with Crippen molar-refractivity contribution in [2.75, 3.05) is 13.2 Å². The van der Waals surface area contributed by atoms with Crippen LogP contribution in [0.2, 0.25) is 0 Å². The second-order valence-corrected chi connectivity index (χ2v) is 7.37. The van der Waals surface area contributed by atoms with E-state index in [1.54, 1.807) is 0 Å². The number of nitrogens with zero attached hydrogens (tertiary/aromatic N) is 1. The predicted octanol–water partition coefficient (Wildman–Crippen LogP) is -3.40. The van der Waals surface area contributed by atoms with Crippen LogP contribution in [0.5, 0.6) is 5.75 Å². The molecular formula is C18H25NO13. The Morgan fingerprint density at radius 1 is 0.812 bits per heavy atom. The minimum Gasteiger partial charge on any atom is -0.462 e. The summed E-state index contributed by atoms with van der Waals surface area (Å²) in [7, 11) is 0. The zero-order chi connectivity index (χ0) is 23.6. The SMILES string of the molecule is O=[N+]([O-])c1ccc(OC2O[C@H](CO)[C@@H](O[C@H]3O[C@H](CO)[C@@H](O)[C@H](O)[C@H]3O)[C@H](O)[C@H]2O)cc1. The smallest absolute Gasteiger partial charge is 0.269 e. The fourth-order valence-corrected chi connectivity index (χ4v) is 3.43. The number of benzene rings is 1. The third-order valence-electron chi connectivity index (χ3n) is 5.26. The van der Waals surface area contributed by atoms with Crippen LogP contribution in [-0.4, -0.2) is 115 Å². The predicted molar refractivity (Wildman–Crippen MR) is 100 cm³/mol. The van der Waals surface area contributed by atoms with Gasteiger partial charge in [-0.05, 0) is 12.1 Å². The fraction of sp³-hybridized carbons (Fsp3) is 0.667. The molecule has 32 heavy (non-hydrogen) atoms. The lowest BCUT2D eigenvalue weighted by molar-refractivity contribution is -0.384. The van der Waals surface area contributed by atoms with Crippen molar-refractivity contribution in [2.45, 2.75) is 61.4 Å². The van der Waals surface area contributed by atoms with E-state index in [1.165, 1.54) is 12.1 Å². The molecule has 10 atom stereocenters. The minimum atomic E-state index is -1.77. The third-order valence-corrected chi connectivity index (χ3v) is 5.26. The van der Waals surface area contributed by atoms with Crippen molar-refractivity contribution in [3.63, 3.8) is 0 Å². The first kappa shape index (κ1) is 24.7. The van der Waals surface area contributed by atoms with Gasteiger partial charge in [-0.25, -0.2) is 0 Å². The largest absolute Gasteiger partial charge is 0.462 e. The maximum absolute atomic E-state index is 10.7. The molecule has 0 spiro atoms. The van der Waals surface area contributed by atoms with Gasteiger partial charge in [0.05, 0.1) is 18.1 Å². The second-order valence-electron chi connectivity index (χ2n) is 7.37. The van der Waals surface area contributed by atoms with Gasteiger partial charge >= 0.3 is 0 Å². The molecule has 0 aliphatic carbocycles. The molecule has 0 radical (unpaired) electrons. The molecule has 7 N–H and O–H groups in total. The van der Waals surface area contributed by atoms with Crippen molar-refractivity contribution in [2.24, 2.45) is 0 Å². The molecule has 2 aliphatic heterocycles. The molecule has 0 bridgehead atoms. The van der Waals surface area contributed by atoms with Gasteiger partial charge in [0.1, 0.15) is 54.6 Å². The number of hydrogen-bond donors (Lipinski definition) is 7. The third kappa shape index (κ3) is 4.99. The maximum atomic E-state index is 10.7. The summed E-state index contributed by atoms with van der Waals surface area (Å²) < 4.78 is 21.5. The highest BCUT2D eigenvalue weighted by atomic mass is 16.7. The summed E-state index contributed by atoms with van der Waals surface area (Å²) >= 11 is 0. The van der Waals surface area contributed by atoms with E-state index in [0.717, 1.165) is 12.1 Å². The molecule has 0 amide bonds. The first-order chi connectivity index (χ1) is 15.2. The van der Waals surface area contributed by atoms with E-state index in [2.05, 4.69) is 0 Å². The lowest BCUT2D eigenvalue weighted by Gasteiger charge is -2.45. The first-order valence-corrected chi connectivity index (χ1v) is 9.67.